The molecule has 1 fully saturated rings. The van der Waals surface area contributed by atoms with Gasteiger partial charge in [-0.2, -0.15) is 5.10 Å². The fourth-order valence-corrected chi connectivity index (χ4v) is 4.73. The van der Waals surface area contributed by atoms with E-state index in [0.717, 1.165) is 58.0 Å². The molecular formula is C28H25N5. The van der Waals surface area contributed by atoms with Crippen molar-refractivity contribution in [3.05, 3.63) is 91.0 Å². The molecule has 0 amide bonds. The van der Waals surface area contributed by atoms with Gasteiger partial charge >= 0.3 is 0 Å². The Morgan fingerprint density at radius 2 is 1.21 bits per heavy atom. The van der Waals surface area contributed by atoms with Gasteiger partial charge in [-0.15, -0.1) is 10.2 Å². The SMILES string of the molecule is c1ccc(-c2nnc(N3CCCCC3)c3nn(-c4ccccc4)c(-c4ccccc4)c23)cc1. The van der Waals surface area contributed by atoms with Crippen LogP contribution in [0.15, 0.2) is 91.0 Å². The quantitative estimate of drug-likeness (QED) is 0.343. The molecule has 33 heavy (non-hydrogen) atoms. The van der Waals surface area contributed by atoms with Crippen LogP contribution in [0.2, 0.25) is 0 Å². The van der Waals surface area contributed by atoms with Crippen molar-refractivity contribution in [1.82, 2.24) is 20.0 Å². The Kier molecular flexibility index (Phi) is 5.07. The first-order chi connectivity index (χ1) is 16.4. The first-order valence-corrected chi connectivity index (χ1v) is 11.6. The highest BCUT2D eigenvalue weighted by molar-refractivity contribution is 6.06. The molecule has 5 heteroatoms. The molecule has 1 aliphatic rings. The van der Waals surface area contributed by atoms with Crippen LogP contribution in [0, 0.1) is 0 Å². The number of piperidine rings is 1. The lowest BCUT2D eigenvalue weighted by Gasteiger charge is -2.27. The Balaban J connectivity index is 1.71. The highest BCUT2D eigenvalue weighted by Crippen LogP contribution is 2.39. The van der Waals surface area contributed by atoms with E-state index in [2.05, 4.69) is 70.2 Å². The molecule has 0 N–H and O–H groups in total. The molecule has 1 aliphatic heterocycles. The summed E-state index contributed by atoms with van der Waals surface area (Å²) < 4.78 is 2.06. The average molecular weight is 432 g/mol. The summed E-state index contributed by atoms with van der Waals surface area (Å²) in [5.41, 5.74) is 6.00. The van der Waals surface area contributed by atoms with Crippen LogP contribution in [0.4, 0.5) is 5.82 Å². The Morgan fingerprint density at radius 3 is 1.88 bits per heavy atom. The minimum Gasteiger partial charge on any atom is -0.353 e. The number of hydrogen-bond donors (Lipinski definition) is 0. The zero-order valence-electron chi connectivity index (χ0n) is 18.4. The number of aromatic nitrogens is 4. The molecule has 0 bridgehead atoms. The normalized spacial score (nSPS) is 14.0. The van der Waals surface area contributed by atoms with Gasteiger partial charge in [0.2, 0.25) is 0 Å². The number of hydrogen-bond acceptors (Lipinski definition) is 4. The van der Waals surface area contributed by atoms with E-state index in [4.69, 9.17) is 15.3 Å². The van der Waals surface area contributed by atoms with Crippen LogP contribution in [0.25, 0.3) is 39.1 Å². The molecule has 3 heterocycles. The van der Waals surface area contributed by atoms with Gasteiger partial charge in [-0.1, -0.05) is 78.9 Å². The first-order valence-electron chi connectivity index (χ1n) is 11.6. The number of anilines is 1. The van der Waals surface area contributed by atoms with Gasteiger partial charge in [-0.3, -0.25) is 0 Å². The van der Waals surface area contributed by atoms with Crippen LogP contribution in [-0.2, 0) is 0 Å². The zero-order chi connectivity index (χ0) is 22.0. The van der Waals surface area contributed by atoms with Crippen LogP contribution < -0.4 is 4.90 Å². The minimum absolute atomic E-state index is 0.868. The number of rotatable bonds is 4. The van der Waals surface area contributed by atoms with Gasteiger partial charge in [0.25, 0.3) is 0 Å². The summed E-state index contributed by atoms with van der Waals surface area (Å²) in [6.07, 6.45) is 3.62. The zero-order valence-corrected chi connectivity index (χ0v) is 18.4. The summed E-state index contributed by atoms with van der Waals surface area (Å²) in [7, 11) is 0. The molecule has 0 aliphatic carbocycles. The molecular weight excluding hydrogens is 406 g/mol. The van der Waals surface area contributed by atoms with Crippen molar-refractivity contribution < 1.29 is 0 Å². The Labute approximate surface area is 193 Å². The maximum absolute atomic E-state index is 5.19. The van der Waals surface area contributed by atoms with Crippen molar-refractivity contribution in [3.8, 4) is 28.2 Å². The predicted octanol–water partition coefficient (Wildman–Crippen LogP) is 6.14. The van der Waals surface area contributed by atoms with Crippen molar-refractivity contribution in [2.24, 2.45) is 0 Å². The summed E-state index contributed by atoms with van der Waals surface area (Å²) in [6.45, 7) is 1.99. The number of para-hydroxylation sites is 1. The van der Waals surface area contributed by atoms with Gasteiger partial charge < -0.3 is 4.90 Å². The molecule has 6 rings (SSSR count). The second-order valence-electron chi connectivity index (χ2n) is 8.47. The Bertz CT molecular complexity index is 1370. The number of nitrogens with zero attached hydrogens (tertiary/aromatic N) is 5. The lowest BCUT2D eigenvalue weighted by atomic mass is 10.0. The summed E-state index contributed by atoms with van der Waals surface area (Å²) >= 11 is 0. The van der Waals surface area contributed by atoms with Crippen LogP contribution in [-0.4, -0.2) is 33.1 Å². The lowest BCUT2D eigenvalue weighted by molar-refractivity contribution is 0.572. The van der Waals surface area contributed by atoms with Crippen molar-refractivity contribution in [3.63, 3.8) is 0 Å². The van der Waals surface area contributed by atoms with Gasteiger partial charge in [-0.25, -0.2) is 4.68 Å². The fraction of sp³-hybridized carbons (Fsp3) is 0.179. The molecule has 162 valence electrons. The van der Waals surface area contributed by atoms with E-state index >= 15 is 0 Å². The maximum Gasteiger partial charge on any atom is 0.179 e. The number of fused-ring (bicyclic) bond motifs is 1. The summed E-state index contributed by atoms with van der Waals surface area (Å²) in [5, 5.41) is 15.8. The lowest BCUT2D eigenvalue weighted by Crippen LogP contribution is -2.30. The van der Waals surface area contributed by atoms with E-state index in [0.29, 0.717) is 0 Å². The van der Waals surface area contributed by atoms with E-state index in [-0.39, 0.29) is 0 Å². The highest BCUT2D eigenvalue weighted by Gasteiger charge is 2.26. The first kappa shape index (κ1) is 19.7. The second kappa shape index (κ2) is 8.51. The third-order valence-corrected chi connectivity index (χ3v) is 6.33. The maximum atomic E-state index is 5.19. The molecule has 5 nitrogen and oxygen atoms in total. The molecule has 5 aromatic rings. The minimum atomic E-state index is 0.868. The Hall–Kier alpha value is -3.99. The van der Waals surface area contributed by atoms with Crippen molar-refractivity contribution in [1.29, 1.82) is 0 Å². The summed E-state index contributed by atoms with van der Waals surface area (Å²) in [4.78, 5) is 2.35. The highest BCUT2D eigenvalue weighted by atomic mass is 15.3. The van der Waals surface area contributed by atoms with E-state index < -0.39 is 0 Å². The average Bonchev–Trinajstić information content (AvgIpc) is 3.31. The molecule has 0 atom stereocenters. The third kappa shape index (κ3) is 3.55. The Morgan fingerprint density at radius 1 is 0.606 bits per heavy atom. The summed E-state index contributed by atoms with van der Waals surface area (Å²) in [5.74, 6) is 0.885. The monoisotopic (exact) mass is 431 g/mol. The third-order valence-electron chi connectivity index (χ3n) is 6.33. The smallest absolute Gasteiger partial charge is 0.179 e. The summed E-state index contributed by atoms with van der Waals surface area (Å²) in [6, 6.07) is 31.1. The largest absolute Gasteiger partial charge is 0.353 e. The van der Waals surface area contributed by atoms with E-state index in [1.807, 2.05) is 30.3 Å². The molecule has 0 unspecified atom stereocenters. The molecule has 0 spiro atoms. The van der Waals surface area contributed by atoms with Gasteiger partial charge in [0, 0.05) is 24.2 Å². The molecule has 0 radical (unpaired) electrons. The van der Waals surface area contributed by atoms with E-state index in [9.17, 15) is 0 Å². The van der Waals surface area contributed by atoms with Gasteiger partial charge in [0.1, 0.15) is 11.2 Å². The standard InChI is InChI=1S/C28H25N5/c1-5-13-21(14-6-1)25-24-26(28(30-29-25)32-19-11-4-12-20-32)31-33(23-17-9-3-10-18-23)27(24)22-15-7-2-8-16-22/h1-3,5-10,13-18H,4,11-12,19-20H2. The van der Waals surface area contributed by atoms with Crippen molar-refractivity contribution in [2.45, 2.75) is 19.3 Å². The van der Waals surface area contributed by atoms with Gasteiger partial charge in [0.05, 0.1) is 16.8 Å². The molecule has 3 aromatic carbocycles. The van der Waals surface area contributed by atoms with E-state index in [1.54, 1.807) is 0 Å². The molecule has 0 saturated carbocycles. The predicted molar refractivity (Wildman–Crippen MR) is 134 cm³/mol. The van der Waals surface area contributed by atoms with Crippen LogP contribution in [0.3, 0.4) is 0 Å². The fourth-order valence-electron chi connectivity index (χ4n) is 4.73. The van der Waals surface area contributed by atoms with E-state index in [1.165, 1.54) is 19.3 Å². The van der Waals surface area contributed by atoms with Crippen LogP contribution >= 0.6 is 0 Å². The van der Waals surface area contributed by atoms with Crippen molar-refractivity contribution in [2.75, 3.05) is 18.0 Å². The topological polar surface area (TPSA) is 46.8 Å². The molecule has 1 saturated heterocycles. The van der Waals surface area contributed by atoms with Gasteiger partial charge in [0.15, 0.2) is 5.82 Å². The van der Waals surface area contributed by atoms with Crippen LogP contribution in [0.1, 0.15) is 19.3 Å². The van der Waals surface area contributed by atoms with Gasteiger partial charge in [-0.05, 0) is 31.4 Å². The molecule has 2 aromatic heterocycles. The second-order valence-corrected chi connectivity index (χ2v) is 8.47. The number of benzene rings is 3. The van der Waals surface area contributed by atoms with Crippen LogP contribution in [0.5, 0.6) is 0 Å². The van der Waals surface area contributed by atoms with Crippen molar-refractivity contribution >= 4 is 16.7 Å².